The number of rotatable bonds is 4. The van der Waals surface area contributed by atoms with Gasteiger partial charge in [0.15, 0.2) is 5.96 Å². The van der Waals surface area contributed by atoms with Crippen LogP contribution in [-0.4, -0.2) is 32.1 Å². The molecule has 0 aliphatic carbocycles. The van der Waals surface area contributed by atoms with Gasteiger partial charge in [-0.15, -0.1) is 0 Å². The highest BCUT2D eigenvalue weighted by molar-refractivity contribution is 5.86. The molecule has 0 saturated carbocycles. The van der Waals surface area contributed by atoms with Crippen LogP contribution in [0.3, 0.4) is 0 Å². The lowest BCUT2D eigenvalue weighted by atomic mass is 10.0. The lowest BCUT2D eigenvalue weighted by molar-refractivity contribution is 0.461. The average Bonchev–Trinajstić information content (AvgIpc) is 2.77. The number of piperidine rings is 1. The van der Waals surface area contributed by atoms with Crippen molar-refractivity contribution in [3.05, 3.63) is 78.4 Å². The predicted octanol–water partition coefficient (Wildman–Crippen LogP) is 4.17. The molecule has 0 amide bonds. The Labute approximate surface area is 167 Å². The van der Waals surface area contributed by atoms with Crippen LogP contribution in [0.15, 0.2) is 77.8 Å². The zero-order valence-electron chi connectivity index (χ0n) is 16.4. The summed E-state index contributed by atoms with van der Waals surface area (Å²) >= 11 is 0. The predicted molar refractivity (Wildman–Crippen MR) is 119 cm³/mol. The van der Waals surface area contributed by atoms with E-state index in [2.05, 4.69) is 93.3 Å². The first-order valence-electron chi connectivity index (χ1n) is 10.1. The van der Waals surface area contributed by atoms with Crippen LogP contribution in [0.4, 0.5) is 5.69 Å². The maximum absolute atomic E-state index is 4.44. The van der Waals surface area contributed by atoms with Gasteiger partial charge in [0.25, 0.3) is 0 Å². The zero-order valence-corrected chi connectivity index (χ0v) is 16.4. The molecule has 0 bridgehead atoms. The Kier molecular flexibility index (Phi) is 5.76. The summed E-state index contributed by atoms with van der Waals surface area (Å²) < 4.78 is 0. The molecular weight excluding hydrogens is 344 g/mol. The van der Waals surface area contributed by atoms with Gasteiger partial charge in [0.1, 0.15) is 0 Å². The van der Waals surface area contributed by atoms with Crippen molar-refractivity contribution in [2.24, 2.45) is 4.99 Å². The number of hydrogen-bond acceptors (Lipinski definition) is 2. The van der Waals surface area contributed by atoms with Crippen molar-refractivity contribution < 1.29 is 0 Å². The summed E-state index contributed by atoms with van der Waals surface area (Å²) in [6.07, 6.45) is 2.23. The minimum Gasteiger partial charge on any atom is -0.371 e. The number of hydrogen-bond donors (Lipinski definition) is 2. The first-order chi connectivity index (χ1) is 13.8. The molecule has 0 aromatic heterocycles. The van der Waals surface area contributed by atoms with Crippen molar-refractivity contribution in [1.29, 1.82) is 0 Å². The SMILES string of the molecule is CN=C(NCc1cccc2ccccc12)NC1CCN(c2ccccc2)CC1. The highest BCUT2D eigenvalue weighted by Gasteiger charge is 2.20. The number of nitrogens with zero attached hydrogens (tertiary/aromatic N) is 2. The highest BCUT2D eigenvalue weighted by Crippen LogP contribution is 2.20. The van der Waals surface area contributed by atoms with E-state index < -0.39 is 0 Å². The molecule has 1 aliphatic rings. The first kappa shape index (κ1) is 18.4. The monoisotopic (exact) mass is 372 g/mol. The van der Waals surface area contributed by atoms with E-state index in [9.17, 15) is 0 Å². The highest BCUT2D eigenvalue weighted by atomic mass is 15.2. The average molecular weight is 373 g/mol. The number of fused-ring (bicyclic) bond motifs is 1. The van der Waals surface area contributed by atoms with Crippen LogP contribution < -0.4 is 15.5 Å². The standard InChI is InChI=1S/C24H28N4/c1-25-24(26-18-20-10-7-9-19-8-5-6-13-23(19)20)27-21-14-16-28(17-15-21)22-11-3-2-4-12-22/h2-13,21H,14-18H2,1H3,(H2,25,26,27). The van der Waals surface area contributed by atoms with E-state index in [-0.39, 0.29) is 0 Å². The lowest BCUT2D eigenvalue weighted by Crippen LogP contribution is -2.48. The Morgan fingerprint density at radius 2 is 1.64 bits per heavy atom. The van der Waals surface area contributed by atoms with Gasteiger partial charge in [-0.05, 0) is 41.3 Å². The molecule has 4 heteroatoms. The molecule has 1 aliphatic heterocycles. The summed E-state index contributed by atoms with van der Waals surface area (Å²) in [5.41, 5.74) is 2.61. The van der Waals surface area contributed by atoms with Crippen LogP contribution in [0.2, 0.25) is 0 Å². The molecule has 0 atom stereocenters. The fraction of sp³-hybridized carbons (Fsp3) is 0.292. The van der Waals surface area contributed by atoms with E-state index in [1.807, 2.05) is 7.05 Å². The van der Waals surface area contributed by atoms with Crippen molar-refractivity contribution in [2.45, 2.75) is 25.4 Å². The fourth-order valence-electron chi connectivity index (χ4n) is 3.93. The molecule has 4 rings (SSSR count). The fourth-order valence-corrected chi connectivity index (χ4v) is 3.93. The molecule has 4 nitrogen and oxygen atoms in total. The van der Waals surface area contributed by atoms with Gasteiger partial charge in [0.2, 0.25) is 0 Å². The Balaban J connectivity index is 1.32. The summed E-state index contributed by atoms with van der Waals surface area (Å²) in [5, 5.41) is 9.67. The van der Waals surface area contributed by atoms with Gasteiger partial charge in [-0.2, -0.15) is 0 Å². The molecule has 1 heterocycles. The molecular formula is C24H28N4. The maximum Gasteiger partial charge on any atom is 0.191 e. The van der Waals surface area contributed by atoms with Crippen molar-refractivity contribution in [3.63, 3.8) is 0 Å². The van der Waals surface area contributed by atoms with Crippen LogP contribution in [0, 0.1) is 0 Å². The number of aliphatic imine (C=N–C) groups is 1. The second kappa shape index (κ2) is 8.79. The minimum atomic E-state index is 0.457. The second-order valence-electron chi connectivity index (χ2n) is 7.31. The van der Waals surface area contributed by atoms with E-state index in [1.54, 1.807) is 0 Å². The van der Waals surface area contributed by atoms with Gasteiger partial charge >= 0.3 is 0 Å². The van der Waals surface area contributed by atoms with Gasteiger partial charge in [-0.25, -0.2) is 0 Å². The van der Waals surface area contributed by atoms with Gasteiger partial charge in [0, 0.05) is 38.4 Å². The van der Waals surface area contributed by atoms with E-state index in [0.29, 0.717) is 6.04 Å². The van der Waals surface area contributed by atoms with E-state index in [1.165, 1.54) is 22.0 Å². The summed E-state index contributed by atoms with van der Waals surface area (Å²) in [6, 6.07) is 26.1. The molecule has 0 radical (unpaired) electrons. The Morgan fingerprint density at radius 3 is 2.43 bits per heavy atom. The lowest BCUT2D eigenvalue weighted by Gasteiger charge is -2.34. The molecule has 144 valence electrons. The van der Waals surface area contributed by atoms with Gasteiger partial charge < -0.3 is 15.5 Å². The Morgan fingerprint density at radius 1 is 0.929 bits per heavy atom. The third-order valence-corrected chi connectivity index (χ3v) is 5.51. The smallest absolute Gasteiger partial charge is 0.191 e. The van der Waals surface area contributed by atoms with Crippen LogP contribution in [0.5, 0.6) is 0 Å². The number of anilines is 1. The normalized spacial score (nSPS) is 15.6. The summed E-state index contributed by atoms with van der Waals surface area (Å²) in [7, 11) is 1.84. The van der Waals surface area contributed by atoms with Crippen molar-refractivity contribution in [1.82, 2.24) is 10.6 Å². The third kappa shape index (κ3) is 4.28. The van der Waals surface area contributed by atoms with Crippen LogP contribution in [0.25, 0.3) is 10.8 Å². The number of benzene rings is 3. The number of para-hydroxylation sites is 1. The van der Waals surface area contributed by atoms with Crippen molar-refractivity contribution in [2.75, 3.05) is 25.0 Å². The first-order valence-corrected chi connectivity index (χ1v) is 10.1. The van der Waals surface area contributed by atoms with Crippen LogP contribution in [0.1, 0.15) is 18.4 Å². The molecule has 1 saturated heterocycles. The molecule has 2 N–H and O–H groups in total. The summed E-state index contributed by atoms with van der Waals surface area (Å²) in [6.45, 7) is 2.91. The minimum absolute atomic E-state index is 0.457. The largest absolute Gasteiger partial charge is 0.371 e. The van der Waals surface area contributed by atoms with Crippen LogP contribution in [-0.2, 0) is 6.54 Å². The van der Waals surface area contributed by atoms with Gasteiger partial charge in [0.05, 0.1) is 0 Å². The van der Waals surface area contributed by atoms with Crippen molar-refractivity contribution >= 4 is 22.4 Å². The Hall–Kier alpha value is -3.01. The van der Waals surface area contributed by atoms with Gasteiger partial charge in [-0.1, -0.05) is 60.7 Å². The molecule has 0 spiro atoms. The molecule has 3 aromatic rings. The van der Waals surface area contributed by atoms with E-state index in [0.717, 1.165) is 38.4 Å². The molecule has 3 aromatic carbocycles. The number of guanidine groups is 1. The van der Waals surface area contributed by atoms with Gasteiger partial charge in [-0.3, -0.25) is 4.99 Å². The topological polar surface area (TPSA) is 39.7 Å². The maximum atomic E-state index is 4.44. The summed E-state index contributed by atoms with van der Waals surface area (Å²) in [4.78, 5) is 6.90. The second-order valence-corrected chi connectivity index (χ2v) is 7.31. The van der Waals surface area contributed by atoms with Crippen molar-refractivity contribution in [3.8, 4) is 0 Å². The van der Waals surface area contributed by atoms with Crippen LogP contribution >= 0.6 is 0 Å². The van der Waals surface area contributed by atoms with E-state index in [4.69, 9.17) is 0 Å². The third-order valence-electron chi connectivity index (χ3n) is 5.51. The quantitative estimate of drug-likeness (QED) is 0.533. The number of nitrogens with one attached hydrogen (secondary N) is 2. The zero-order chi connectivity index (χ0) is 19.2. The molecule has 1 fully saturated rings. The molecule has 0 unspecified atom stereocenters. The Bertz CT molecular complexity index is 922. The molecule has 28 heavy (non-hydrogen) atoms. The van der Waals surface area contributed by atoms with E-state index >= 15 is 0 Å². The summed E-state index contributed by atoms with van der Waals surface area (Å²) in [5.74, 6) is 0.881.